The number of benzene rings is 2. The largest absolute Gasteiger partial charge is 0.494 e. The number of halogens is 3. The normalized spacial score (nSPS) is 22.9. The van der Waals surface area contributed by atoms with Gasteiger partial charge in [0.25, 0.3) is 0 Å². The molecule has 5 heterocycles. The van der Waals surface area contributed by atoms with Gasteiger partial charge in [0, 0.05) is 55.8 Å². The summed E-state index contributed by atoms with van der Waals surface area (Å²) in [5.41, 5.74) is 2.21. The number of hydrogen-bond donors (Lipinski definition) is 2. The van der Waals surface area contributed by atoms with Crippen molar-refractivity contribution in [3.63, 3.8) is 0 Å². The Kier molecular flexibility index (Phi) is 8.88. The Morgan fingerprint density at radius 2 is 1.96 bits per heavy atom. The van der Waals surface area contributed by atoms with Crippen LogP contribution < -0.4 is 25.3 Å². The summed E-state index contributed by atoms with van der Waals surface area (Å²) in [5.74, 6) is -0.684. The molecule has 1 amide bonds. The zero-order valence-electron chi connectivity index (χ0n) is 25.9. The van der Waals surface area contributed by atoms with Crippen molar-refractivity contribution in [1.82, 2.24) is 14.9 Å². The van der Waals surface area contributed by atoms with Gasteiger partial charge in [0.05, 0.1) is 49.5 Å². The molecule has 248 valence electrons. The molecule has 7 rings (SSSR count). The molecular weight excluding hydrogens is 632 g/mol. The number of carbonyl (C=O) groups is 1. The number of morpholine rings is 1. The highest BCUT2D eigenvalue weighted by Gasteiger charge is 2.43. The van der Waals surface area contributed by atoms with Crippen molar-refractivity contribution >= 4 is 46.2 Å². The molecule has 3 aromatic rings. The number of rotatable bonds is 9. The highest BCUT2D eigenvalue weighted by atomic mass is 35.5. The highest BCUT2D eigenvalue weighted by molar-refractivity contribution is 6.31. The second-order valence-corrected chi connectivity index (χ2v) is 12.5. The van der Waals surface area contributed by atoms with E-state index in [4.69, 9.17) is 25.9 Å². The van der Waals surface area contributed by atoms with E-state index >= 15 is 0 Å². The second-order valence-electron chi connectivity index (χ2n) is 12.1. The van der Waals surface area contributed by atoms with Crippen LogP contribution in [0.2, 0.25) is 5.02 Å². The van der Waals surface area contributed by atoms with Gasteiger partial charge in [0.1, 0.15) is 34.6 Å². The van der Waals surface area contributed by atoms with E-state index in [0.29, 0.717) is 60.0 Å². The van der Waals surface area contributed by atoms with Gasteiger partial charge in [-0.15, -0.1) is 0 Å². The molecule has 0 radical (unpaired) electrons. The van der Waals surface area contributed by atoms with E-state index in [0.717, 1.165) is 57.3 Å². The molecular formula is C33H36ClF2N7O4. The van der Waals surface area contributed by atoms with E-state index in [1.807, 2.05) is 12.1 Å². The van der Waals surface area contributed by atoms with Gasteiger partial charge in [-0.25, -0.2) is 23.8 Å². The Hall–Kier alpha value is -4.04. The highest BCUT2D eigenvalue weighted by Crippen LogP contribution is 2.42. The lowest BCUT2D eigenvalue weighted by molar-refractivity contribution is -0.111. The summed E-state index contributed by atoms with van der Waals surface area (Å²) < 4.78 is 40.4. The molecule has 4 saturated heterocycles. The van der Waals surface area contributed by atoms with E-state index in [1.54, 1.807) is 13.2 Å². The number of hydroxylamine groups is 1. The quantitative estimate of drug-likeness (QED) is 0.221. The smallest absolute Gasteiger partial charge is 0.247 e. The van der Waals surface area contributed by atoms with Gasteiger partial charge in [-0.2, -0.15) is 0 Å². The van der Waals surface area contributed by atoms with Gasteiger partial charge in [-0.3, -0.25) is 14.5 Å². The first-order valence-electron chi connectivity index (χ1n) is 15.7. The minimum absolute atomic E-state index is 0.201. The zero-order valence-corrected chi connectivity index (χ0v) is 26.7. The van der Waals surface area contributed by atoms with Crippen molar-refractivity contribution in [1.29, 1.82) is 0 Å². The third-order valence-corrected chi connectivity index (χ3v) is 9.79. The molecule has 2 N–H and O–H groups in total. The van der Waals surface area contributed by atoms with Crippen LogP contribution in [0.15, 0.2) is 49.3 Å². The first kappa shape index (κ1) is 31.6. The van der Waals surface area contributed by atoms with Gasteiger partial charge >= 0.3 is 0 Å². The molecule has 3 atom stereocenters. The van der Waals surface area contributed by atoms with E-state index in [1.165, 1.54) is 23.5 Å². The predicted octanol–water partition coefficient (Wildman–Crippen LogP) is 5.61. The fourth-order valence-corrected chi connectivity index (χ4v) is 7.32. The maximum absolute atomic E-state index is 14.9. The van der Waals surface area contributed by atoms with Crippen molar-refractivity contribution < 1.29 is 27.9 Å². The number of piperidine rings is 1. The molecule has 4 aliphatic heterocycles. The number of likely N-dealkylation sites (tertiary alicyclic amines) is 1. The van der Waals surface area contributed by atoms with Crippen LogP contribution in [0, 0.1) is 11.6 Å². The van der Waals surface area contributed by atoms with Gasteiger partial charge in [-0.05, 0) is 37.5 Å². The van der Waals surface area contributed by atoms with E-state index < -0.39 is 22.7 Å². The van der Waals surface area contributed by atoms with Crippen LogP contribution in [0.5, 0.6) is 5.75 Å². The van der Waals surface area contributed by atoms with Gasteiger partial charge in [0.2, 0.25) is 5.91 Å². The maximum atomic E-state index is 14.9. The van der Waals surface area contributed by atoms with Crippen LogP contribution in [0.1, 0.15) is 37.3 Å². The third kappa shape index (κ3) is 6.20. The summed E-state index contributed by atoms with van der Waals surface area (Å²) >= 11 is 5.86. The zero-order chi connectivity index (χ0) is 32.7. The number of nitrogens with zero attached hydrogens (tertiary/aromatic N) is 5. The average molecular weight is 668 g/mol. The minimum Gasteiger partial charge on any atom is -0.494 e. The van der Waals surface area contributed by atoms with Crippen LogP contribution in [0.3, 0.4) is 0 Å². The number of amides is 1. The monoisotopic (exact) mass is 667 g/mol. The van der Waals surface area contributed by atoms with Crippen molar-refractivity contribution in [3.05, 3.63) is 71.5 Å². The molecule has 4 fully saturated rings. The molecule has 1 aromatic heterocycles. The summed E-state index contributed by atoms with van der Waals surface area (Å²) in [6.07, 6.45) is 6.56. The number of methoxy groups -OCH3 is 1. The number of nitrogens with one attached hydrogen (secondary N) is 2. The third-order valence-electron chi connectivity index (χ3n) is 9.45. The molecule has 2 aromatic carbocycles. The number of anilines is 5. The van der Waals surface area contributed by atoms with E-state index in [9.17, 15) is 13.6 Å². The van der Waals surface area contributed by atoms with Crippen molar-refractivity contribution in [3.8, 4) is 5.75 Å². The number of fused-ring (bicyclic) bond motifs is 2. The lowest BCUT2D eigenvalue weighted by Crippen LogP contribution is -2.49. The SMILES string of the molecule is C=CC(=O)Nc1cc(Nc2cc(N3OCC[C@@H]3c3ccc(F)c(Cl)c3F)ncn2)c(OC)cc1N1CCC(N2C[C@@H]3C[C@H]2CO3)CC1. The van der Waals surface area contributed by atoms with Crippen molar-refractivity contribution in [2.24, 2.45) is 0 Å². The molecule has 2 bridgehead atoms. The second kappa shape index (κ2) is 13.2. The molecule has 47 heavy (non-hydrogen) atoms. The fourth-order valence-electron chi connectivity index (χ4n) is 7.15. The van der Waals surface area contributed by atoms with Crippen LogP contribution in [0.4, 0.5) is 37.5 Å². The van der Waals surface area contributed by atoms with Gasteiger partial charge < -0.3 is 25.0 Å². The number of aromatic nitrogens is 2. The molecule has 0 saturated carbocycles. The summed E-state index contributed by atoms with van der Waals surface area (Å²) in [5, 5.41) is 7.14. The summed E-state index contributed by atoms with van der Waals surface area (Å²) in [6.45, 7) is 7.43. The maximum Gasteiger partial charge on any atom is 0.247 e. The summed E-state index contributed by atoms with van der Waals surface area (Å²) in [4.78, 5) is 32.0. The summed E-state index contributed by atoms with van der Waals surface area (Å²) in [6, 6.07) is 8.33. The Morgan fingerprint density at radius 1 is 1.13 bits per heavy atom. The predicted molar refractivity (Wildman–Crippen MR) is 174 cm³/mol. The molecule has 0 aliphatic carbocycles. The van der Waals surface area contributed by atoms with Gasteiger partial charge in [0.15, 0.2) is 5.82 Å². The summed E-state index contributed by atoms with van der Waals surface area (Å²) in [7, 11) is 1.58. The van der Waals surface area contributed by atoms with E-state index in [-0.39, 0.29) is 11.5 Å². The molecule has 11 nitrogen and oxygen atoms in total. The Morgan fingerprint density at radius 3 is 2.68 bits per heavy atom. The van der Waals surface area contributed by atoms with Crippen molar-refractivity contribution in [2.45, 2.75) is 49.9 Å². The number of carbonyl (C=O) groups excluding carboxylic acids is 1. The lowest BCUT2D eigenvalue weighted by Gasteiger charge is -2.41. The van der Waals surface area contributed by atoms with Crippen LogP contribution in [0.25, 0.3) is 0 Å². The Labute approximate surface area is 276 Å². The topological polar surface area (TPSA) is 104 Å². The first-order valence-corrected chi connectivity index (χ1v) is 16.1. The number of hydrogen-bond acceptors (Lipinski definition) is 10. The molecule has 4 aliphatic rings. The first-order chi connectivity index (χ1) is 22.8. The standard InChI is InChI=1S/C33H36ClF2N7O4/c1-3-31(44)40-24-13-25(28(45-2)14-27(24)41-9-6-19(7-10-41)42-16-21-12-20(42)17-46-21)39-29-15-30(38-18-37-29)43-26(8-11-47-43)22-4-5-23(35)32(34)33(22)36/h3-5,13-15,18-21,26H,1,6-12,16-17H2,2H3,(H,40,44)(H,37,38,39)/t20-,21-,26+/m0/s1. The van der Waals surface area contributed by atoms with Crippen LogP contribution in [-0.2, 0) is 14.4 Å². The van der Waals surface area contributed by atoms with Gasteiger partial charge in [-0.1, -0.05) is 24.2 Å². The van der Waals surface area contributed by atoms with Crippen molar-refractivity contribution in [2.75, 3.05) is 60.6 Å². The minimum atomic E-state index is -0.833. The average Bonchev–Trinajstić information content (AvgIpc) is 3.86. The van der Waals surface area contributed by atoms with Crippen LogP contribution in [-0.4, -0.2) is 78.9 Å². The lowest BCUT2D eigenvalue weighted by atomic mass is 10.0. The van der Waals surface area contributed by atoms with Crippen LogP contribution >= 0.6 is 11.6 Å². The Balaban J connectivity index is 1.12. The Bertz CT molecular complexity index is 1670. The van der Waals surface area contributed by atoms with E-state index in [2.05, 4.69) is 37.0 Å². The molecule has 14 heteroatoms. The molecule has 0 unspecified atom stereocenters. The number of ether oxygens (including phenoxy) is 2. The fraction of sp³-hybridized carbons (Fsp3) is 0.424. The molecule has 0 spiro atoms.